The van der Waals surface area contributed by atoms with Crippen molar-refractivity contribution in [3.63, 3.8) is 0 Å². The lowest BCUT2D eigenvalue weighted by molar-refractivity contribution is -0.116. The van der Waals surface area contributed by atoms with Gasteiger partial charge in [-0.3, -0.25) is 4.79 Å². The van der Waals surface area contributed by atoms with Crippen molar-refractivity contribution in [2.24, 2.45) is 0 Å². The highest BCUT2D eigenvalue weighted by Gasteiger charge is 2.37. The van der Waals surface area contributed by atoms with E-state index in [1.54, 1.807) is 0 Å². The second-order valence-corrected chi connectivity index (χ2v) is 4.45. The number of anilines is 1. The van der Waals surface area contributed by atoms with Crippen molar-refractivity contribution in [2.45, 2.75) is 25.8 Å². The van der Waals surface area contributed by atoms with E-state index >= 15 is 0 Å². The summed E-state index contributed by atoms with van der Waals surface area (Å²) in [5.41, 5.74) is 1.11. The Kier molecular flexibility index (Phi) is 2.06. The molecule has 1 aliphatic rings. The van der Waals surface area contributed by atoms with E-state index in [1.807, 2.05) is 18.2 Å². The number of Topliss-reactive ketones (excluding diaryl/α,β-unsaturated/α-hetero) is 1. The Morgan fingerprint density at radius 1 is 1.21 bits per heavy atom. The van der Waals surface area contributed by atoms with Crippen molar-refractivity contribution in [1.29, 1.82) is 0 Å². The Balaban J connectivity index is 2.32. The zero-order valence-corrected chi connectivity index (χ0v) is 8.66. The van der Waals surface area contributed by atoms with Gasteiger partial charge in [0, 0.05) is 17.6 Å². The van der Waals surface area contributed by atoms with Crippen LogP contribution in [0.5, 0.6) is 0 Å². The van der Waals surface area contributed by atoms with Gasteiger partial charge in [0.1, 0.15) is 0 Å². The molecule has 1 aliphatic heterocycles. The summed E-state index contributed by atoms with van der Waals surface area (Å²) in [6.07, 6.45) is 0.655. The van der Waals surface area contributed by atoms with Crippen LogP contribution in [-0.4, -0.2) is 17.9 Å². The second kappa shape index (κ2) is 3.12. The molecule has 0 bridgehead atoms. The van der Waals surface area contributed by atoms with Gasteiger partial charge >= 0.3 is 0 Å². The van der Waals surface area contributed by atoms with Gasteiger partial charge in [0.2, 0.25) is 0 Å². The van der Waals surface area contributed by atoms with Crippen molar-refractivity contribution in [2.75, 3.05) is 11.4 Å². The van der Waals surface area contributed by atoms with Crippen molar-refractivity contribution in [3.8, 4) is 0 Å². The van der Waals surface area contributed by atoms with E-state index < -0.39 is 0 Å². The molecule has 0 saturated carbocycles. The summed E-state index contributed by atoms with van der Waals surface area (Å²) in [4.78, 5) is 13.6. The fourth-order valence-electron chi connectivity index (χ4n) is 2.07. The smallest absolute Gasteiger partial charge is 0.154 e. The summed E-state index contributed by atoms with van der Waals surface area (Å²) < 4.78 is 0. The number of nitrogens with zero attached hydrogens (tertiary/aromatic N) is 1. The van der Waals surface area contributed by atoms with Crippen LogP contribution < -0.4 is 4.90 Å². The standard InChI is InChI=1S/C12H15NO/c1-12(2)8-11(14)9-13(12)10-6-4-3-5-7-10/h3-7H,8-9H2,1-2H3. The Bertz CT molecular complexity index is 343. The highest BCUT2D eigenvalue weighted by molar-refractivity contribution is 5.89. The SMILES string of the molecule is CC1(C)CC(=O)CN1c1ccccc1. The molecule has 1 aromatic rings. The first kappa shape index (κ1) is 9.25. The molecular weight excluding hydrogens is 174 g/mol. The van der Waals surface area contributed by atoms with Gasteiger partial charge in [-0.15, -0.1) is 0 Å². The summed E-state index contributed by atoms with van der Waals surface area (Å²) in [7, 11) is 0. The van der Waals surface area contributed by atoms with Crippen LogP contribution >= 0.6 is 0 Å². The fraction of sp³-hybridized carbons (Fsp3) is 0.417. The van der Waals surface area contributed by atoms with Gasteiger partial charge in [-0.25, -0.2) is 0 Å². The summed E-state index contributed by atoms with van der Waals surface area (Å²) in [6, 6.07) is 10.1. The van der Waals surface area contributed by atoms with Gasteiger partial charge in [0.25, 0.3) is 0 Å². The normalized spacial score (nSPS) is 20.1. The van der Waals surface area contributed by atoms with Gasteiger partial charge in [0.05, 0.1) is 6.54 Å². The first-order valence-corrected chi connectivity index (χ1v) is 4.94. The minimum absolute atomic E-state index is 0.0293. The van der Waals surface area contributed by atoms with E-state index in [1.165, 1.54) is 0 Å². The largest absolute Gasteiger partial charge is 0.359 e. The van der Waals surface area contributed by atoms with Crippen LogP contribution in [0.4, 0.5) is 5.69 Å². The zero-order valence-electron chi connectivity index (χ0n) is 8.66. The van der Waals surface area contributed by atoms with E-state index in [0.29, 0.717) is 18.7 Å². The Hall–Kier alpha value is -1.31. The van der Waals surface area contributed by atoms with Gasteiger partial charge in [0.15, 0.2) is 5.78 Å². The molecule has 1 fully saturated rings. The molecule has 1 aromatic carbocycles. The van der Waals surface area contributed by atoms with Crippen molar-refractivity contribution in [1.82, 2.24) is 0 Å². The molecule has 2 nitrogen and oxygen atoms in total. The van der Waals surface area contributed by atoms with Crippen LogP contribution in [0, 0.1) is 0 Å². The average Bonchev–Trinajstić information content (AvgIpc) is 2.41. The monoisotopic (exact) mass is 189 g/mol. The van der Waals surface area contributed by atoms with Gasteiger partial charge < -0.3 is 4.90 Å². The maximum Gasteiger partial charge on any atom is 0.154 e. The van der Waals surface area contributed by atoms with Crippen molar-refractivity contribution in [3.05, 3.63) is 30.3 Å². The zero-order chi connectivity index (χ0) is 10.2. The predicted molar refractivity (Wildman–Crippen MR) is 57.5 cm³/mol. The lowest BCUT2D eigenvalue weighted by atomic mass is 10.0. The van der Waals surface area contributed by atoms with Crippen LogP contribution in [0.15, 0.2) is 30.3 Å². The Morgan fingerprint density at radius 3 is 2.36 bits per heavy atom. The summed E-state index contributed by atoms with van der Waals surface area (Å²) in [5.74, 6) is 0.332. The highest BCUT2D eigenvalue weighted by Crippen LogP contribution is 2.31. The van der Waals surface area contributed by atoms with Crippen molar-refractivity contribution >= 4 is 11.5 Å². The summed E-state index contributed by atoms with van der Waals surface area (Å²) in [5, 5.41) is 0. The molecule has 0 atom stereocenters. The number of carbonyl (C=O) groups excluding carboxylic acids is 1. The quantitative estimate of drug-likeness (QED) is 0.675. The molecule has 0 aromatic heterocycles. The van der Waals surface area contributed by atoms with Crippen LogP contribution in [0.3, 0.4) is 0 Å². The lowest BCUT2D eigenvalue weighted by Gasteiger charge is -2.32. The molecule has 1 heterocycles. The van der Waals surface area contributed by atoms with E-state index in [4.69, 9.17) is 0 Å². The molecule has 14 heavy (non-hydrogen) atoms. The van der Waals surface area contributed by atoms with Crippen molar-refractivity contribution < 1.29 is 4.79 Å². The third kappa shape index (κ3) is 1.52. The lowest BCUT2D eigenvalue weighted by Crippen LogP contribution is -2.38. The van der Waals surface area contributed by atoms with Crippen LogP contribution in [0.25, 0.3) is 0 Å². The molecule has 0 unspecified atom stereocenters. The molecule has 0 radical (unpaired) electrons. The van der Waals surface area contributed by atoms with E-state index in [2.05, 4.69) is 30.9 Å². The molecule has 0 amide bonds. The maximum atomic E-state index is 11.4. The summed E-state index contributed by atoms with van der Waals surface area (Å²) in [6.45, 7) is 4.78. The number of para-hydroxylation sites is 1. The number of hydrogen-bond acceptors (Lipinski definition) is 2. The van der Waals surface area contributed by atoms with E-state index in [-0.39, 0.29) is 5.54 Å². The first-order chi connectivity index (χ1) is 6.59. The maximum absolute atomic E-state index is 11.4. The molecular formula is C12H15NO. The van der Waals surface area contributed by atoms with E-state index in [9.17, 15) is 4.79 Å². The number of benzene rings is 1. The first-order valence-electron chi connectivity index (χ1n) is 4.94. The van der Waals surface area contributed by atoms with Crippen LogP contribution in [-0.2, 0) is 4.79 Å². The predicted octanol–water partition coefficient (Wildman–Crippen LogP) is 2.24. The molecule has 1 saturated heterocycles. The second-order valence-electron chi connectivity index (χ2n) is 4.45. The third-order valence-corrected chi connectivity index (χ3v) is 2.76. The molecule has 2 heteroatoms. The molecule has 2 rings (SSSR count). The minimum Gasteiger partial charge on any atom is -0.359 e. The minimum atomic E-state index is -0.0293. The third-order valence-electron chi connectivity index (χ3n) is 2.76. The molecule has 0 N–H and O–H groups in total. The fourth-order valence-corrected chi connectivity index (χ4v) is 2.07. The molecule has 74 valence electrons. The average molecular weight is 189 g/mol. The summed E-state index contributed by atoms with van der Waals surface area (Å²) >= 11 is 0. The van der Waals surface area contributed by atoms with Crippen LogP contribution in [0.1, 0.15) is 20.3 Å². The number of carbonyl (C=O) groups is 1. The molecule has 0 spiro atoms. The number of hydrogen-bond donors (Lipinski definition) is 0. The molecule has 0 aliphatic carbocycles. The van der Waals surface area contributed by atoms with E-state index in [0.717, 1.165) is 5.69 Å². The van der Waals surface area contributed by atoms with Gasteiger partial charge in [-0.1, -0.05) is 18.2 Å². The number of rotatable bonds is 1. The van der Waals surface area contributed by atoms with Crippen LogP contribution in [0.2, 0.25) is 0 Å². The Morgan fingerprint density at radius 2 is 1.86 bits per heavy atom. The Labute approximate surface area is 84.5 Å². The number of ketones is 1. The topological polar surface area (TPSA) is 20.3 Å². The van der Waals surface area contributed by atoms with Gasteiger partial charge in [-0.05, 0) is 26.0 Å². The van der Waals surface area contributed by atoms with Gasteiger partial charge in [-0.2, -0.15) is 0 Å². The highest BCUT2D eigenvalue weighted by atomic mass is 16.1.